The summed E-state index contributed by atoms with van der Waals surface area (Å²) in [5.41, 5.74) is 0. The summed E-state index contributed by atoms with van der Waals surface area (Å²) in [6.07, 6.45) is 85.8. The second-order valence-electron chi connectivity index (χ2n) is 23.5. The van der Waals surface area contributed by atoms with E-state index in [1.807, 2.05) is 0 Å². The molecule has 2 unspecified atom stereocenters. The van der Waals surface area contributed by atoms with E-state index in [1.165, 1.54) is 276 Å². The first kappa shape index (κ1) is 74.8. The molecular formula is C71H133NO5. The Bertz CT molecular complexity index is 1290. The van der Waals surface area contributed by atoms with Gasteiger partial charge in [-0.05, 0) is 89.9 Å². The Kier molecular flexibility index (Phi) is 64.5. The van der Waals surface area contributed by atoms with E-state index < -0.39 is 12.1 Å². The van der Waals surface area contributed by atoms with Crippen LogP contribution in [0.4, 0.5) is 0 Å². The zero-order valence-electron chi connectivity index (χ0n) is 51.7. The summed E-state index contributed by atoms with van der Waals surface area (Å²) in [6, 6.07) is -0.542. The molecule has 0 heterocycles. The number of carbonyl (C=O) groups excluding carboxylic acids is 2. The van der Waals surface area contributed by atoms with Gasteiger partial charge in [0.25, 0.3) is 0 Å². The van der Waals surface area contributed by atoms with Crippen LogP contribution in [0, 0.1) is 0 Å². The molecule has 3 N–H and O–H groups in total. The Morgan fingerprint density at radius 1 is 0.364 bits per heavy atom. The molecule has 0 aromatic heterocycles. The number of aliphatic hydroxyl groups excluding tert-OH is 2. The molecule has 0 aromatic carbocycles. The van der Waals surface area contributed by atoms with E-state index in [0.717, 1.165) is 57.8 Å². The molecule has 0 saturated heterocycles. The SMILES string of the molecule is CCCCCC/C=C\C/C=C\CCCCCCCCCC(=O)OCCCCCCCCCCC/C=C\C/C=C\CCCCCCCCCCCCCCCC(=O)NC(CO)C(O)CCCCCCCCCCCCCCC. The van der Waals surface area contributed by atoms with Crippen molar-refractivity contribution in [1.82, 2.24) is 5.32 Å². The molecule has 0 aliphatic carbocycles. The molecule has 0 fully saturated rings. The summed E-state index contributed by atoms with van der Waals surface area (Å²) in [6.45, 7) is 4.94. The van der Waals surface area contributed by atoms with E-state index in [0.29, 0.717) is 25.9 Å². The average Bonchev–Trinajstić information content (AvgIpc) is 3.43. The number of carbonyl (C=O) groups is 2. The van der Waals surface area contributed by atoms with Crippen molar-refractivity contribution in [3.05, 3.63) is 48.6 Å². The summed E-state index contributed by atoms with van der Waals surface area (Å²) in [7, 11) is 0. The molecule has 0 radical (unpaired) electrons. The van der Waals surface area contributed by atoms with Crippen LogP contribution in [0.15, 0.2) is 48.6 Å². The fraction of sp³-hybridized carbons (Fsp3) is 0.859. The minimum absolute atomic E-state index is 0.00470. The van der Waals surface area contributed by atoms with Crippen LogP contribution in [0.5, 0.6) is 0 Å². The number of ether oxygens (including phenoxy) is 1. The maximum Gasteiger partial charge on any atom is 0.305 e. The van der Waals surface area contributed by atoms with Crippen LogP contribution in [-0.4, -0.2) is 47.4 Å². The zero-order valence-corrected chi connectivity index (χ0v) is 51.7. The molecule has 1 amide bonds. The minimum Gasteiger partial charge on any atom is -0.466 e. The van der Waals surface area contributed by atoms with E-state index in [9.17, 15) is 19.8 Å². The van der Waals surface area contributed by atoms with E-state index in [4.69, 9.17) is 4.74 Å². The van der Waals surface area contributed by atoms with E-state index in [2.05, 4.69) is 67.8 Å². The third-order valence-corrected chi connectivity index (χ3v) is 15.9. The maximum absolute atomic E-state index is 12.5. The molecular weight excluding hydrogens is 947 g/mol. The molecule has 0 spiro atoms. The number of rotatable bonds is 64. The van der Waals surface area contributed by atoms with Crippen molar-refractivity contribution >= 4 is 11.9 Å². The molecule has 0 rings (SSSR count). The second-order valence-corrected chi connectivity index (χ2v) is 23.5. The van der Waals surface area contributed by atoms with Crippen LogP contribution >= 0.6 is 0 Å². The first-order chi connectivity index (χ1) is 38.0. The van der Waals surface area contributed by atoms with Crippen molar-refractivity contribution in [2.75, 3.05) is 13.2 Å². The Balaban J connectivity index is 3.39. The molecule has 2 atom stereocenters. The van der Waals surface area contributed by atoms with Crippen LogP contribution in [0.3, 0.4) is 0 Å². The van der Waals surface area contributed by atoms with Crippen molar-refractivity contribution in [2.24, 2.45) is 0 Å². The standard InChI is InChI=1S/C71H133NO5/c1-3-5-7-9-11-13-15-17-18-19-34-37-41-45-49-53-57-61-65-71(76)77-66-62-58-54-50-46-42-38-35-32-30-28-26-24-22-20-21-23-25-27-29-31-33-36-40-44-48-52-56-60-64-70(75)72-68(67-73)69(74)63-59-55-51-47-43-39-16-14-12-10-8-6-4-2/h13,15,18-20,22,26,28,68-69,73-74H,3-12,14,16-17,21,23-25,27,29-67H2,1-2H3,(H,72,75)/b15-13-,19-18-,22-20-,28-26-. The summed E-state index contributed by atoms with van der Waals surface area (Å²) in [4.78, 5) is 24.6. The molecule has 6 nitrogen and oxygen atoms in total. The van der Waals surface area contributed by atoms with Crippen LogP contribution in [0.2, 0.25) is 0 Å². The van der Waals surface area contributed by atoms with Gasteiger partial charge in [0, 0.05) is 12.8 Å². The van der Waals surface area contributed by atoms with Gasteiger partial charge in [0.05, 0.1) is 25.4 Å². The third-order valence-electron chi connectivity index (χ3n) is 15.9. The number of hydrogen-bond donors (Lipinski definition) is 3. The average molecular weight is 1080 g/mol. The number of unbranched alkanes of at least 4 members (excludes halogenated alkanes) is 45. The monoisotopic (exact) mass is 1080 g/mol. The van der Waals surface area contributed by atoms with Gasteiger partial charge in [-0.1, -0.05) is 313 Å². The minimum atomic E-state index is -0.665. The van der Waals surface area contributed by atoms with Crippen molar-refractivity contribution in [3.63, 3.8) is 0 Å². The Hall–Kier alpha value is -2.18. The fourth-order valence-electron chi connectivity index (χ4n) is 10.6. The predicted octanol–water partition coefficient (Wildman–Crippen LogP) is 22.1. The molecule has 77 heavy (non-hydrogen) atoms. The highest BCUT2D eigenvalue weighted by Gasteiger charge is 2.20. The van der Waals surface area contributed by atoms with Gasteiger partial charge in [0.1, 0.15) is 0 Å². The summed E-state index contributed by atoms with van der Waals surface area (Å²) in [5.74, 6) is -0.0304. The van der Waals surface area contributed by atoms with E-state index >= 15 is 0 Å². The van der Waals surface area contributed by atoms with Gasteiger partial charge in [0.2, 0.25) is 5.91 Å². The lowest BCUT2D eigenvalue weighted by atomic mass is 10.0. The van der Waals surface area contributed by atoms with Gasteiger partial charge in [-0.15, -0.1) is 0 Å². The maximum atomic E-state index is 12.5. The highest BCUT2D eigenvalue weighted by molar-refractivity contribution is 5.76. The summed E-state index contributed by atoms with van der Waals surface area (Å²) < 4.78 is 5.49. The lowest BCUT2D eigenvalue weighted by Gasteiger charge is -2.22. The van der Waals surface area contributed by atoms with Crippen LogP contribution in [0.1, 0.15) is 367 Å². The van der Waals surface area contributed by atoms with Crippen LogP contribution in [0.25, 0.3) is 0 Å². The summed E-state index contributed by atoms with van der Waals surface area (Å²) >= 11 is 0. The Labute approximate surface area is 480 Å². The zero-order chi connectivity index (χ0) is 55.7. The normalized spacial score (nSPS) is 12.8. The lowest BCUT2D eigenvalue weighted by molar-refractivity contribution is -0.143. The number of aliphatic hydroxyl groups is 2. The molecule has 0 aliphatic heterocycles. The molecule has 6 heteroatoms. The van der Waals surface area contributed by atoms with Crippen molar-refractivity contribution in [3.8, 4) is 0 Å². The van der Waals surface area contributed by atoms with Crippen molar-refractivity contribution < 1.29 is 24.5 Å². The number of allylic oxidation sites excluding steroid dienone is 8. The number of amides is 1. The summed E-state index contributed by atoms with van der Waals surface area (Å²) in [5, 5.41) is 23.3. The van der Waals surface area contributed by atoms with Crippen molar-refractivity contribution in [2.45, 2.75) is 379 Å². The van der Waals surface area contributed by atoms with Crippen molar-refractivity contribution in [1.29, 1.82) is 0 Å². The molecule has 452 valence electrons. The van der Waals surface area contributed by atoms with Gasteiger partial charge in [-0.2, -0.15) is 0 Å². The van der Waals surface area contributed by atoms with E-state index in [1.54, 1.807) is 0 Å². The molecule has 0 aliphatic rings. The van der Waals surface area contributed by atoms with E-state index in [-0.39, 0.29) is 18.5 Å². The van der Waals surface area contributed by atoms with Gasteiger partial charge < -0.3 is 20.3 Å². The highest BCUT2D eigenvalue weighted by Crippen LogP contribution is 2.18. The lowest BCUT2D eigenvalue weighted by Crippen LogP contribution is -2.45. The Morgan fingerprint density at radius 2 is 0.649 bits per heavy atom. The van der Waals surface area contributed by atoms with Gasteiger partial charge in [-0.3, -0.25) is 9.59 Å². The topological polar surface area (TPSA) is 95.9 Å². The fourth-order valence-corrected chi connectivity index (χ4v) is 10.6. The largest absolute Gasteiger partial charge is 0.466 e. The smallest absolute Gasteiger partial charge is 0.305 e. The Morgan fingerprint density at radius 3 is 1.00 bits per heavy atom. The number of esters is 1. The number of hydrogen-bond acceptors (Lipinski definition) is 5. The van der Waals surface area contributed by atoms with Gasteiger partial charge in [0.15, 0.2) is 0 Å². The molecule has 0 bridgehead atoms. The molecule has 0 aromatic rings. The quantitative estimate of drug-likeness (QED) is 0.0320. The number of nitrogens with one attached hydrogen (secondary N) is 1. The first-order valence-electron chi connectivity index (χ1n) is 34.4. The predicted molar refractivity (Wildman–Crippen MR) is 338 cm³/mol. The third kappa shape index (κ3) is 62.9. The highest BCUT2D eigenvalue weighted by atomic mass is 16.5. The van der Waals surface area contributed by atoms with Gasteiger partial charge >= 0.3 is 5.97 Å². The molecule has 0 saturated carbocycles. The van der Waals surface area contributed by atoms with Crippen LogP contribution < -0.4 is 5.32 Å². The first-order valence-corrected chi connectivity index (χ1v) is 34.4. The second kappa shape index (κ2) is 66.3. The van der Waals surface area contributed by atoms with Gasteiger partial charge in [-0.25, -0.2) is 0 Å². The van der Waals surface area contributed by atoms with Crippen LogP contribution in [-0.2, 0) is 14.3 Å².